The van der Waals surface area contributed by atoms with E-state index in [9.17, 15) is 0 Å². The highest BCUT2D eigenvalue weighted by atomic mass is 14.6. The van der Waals surface area contributed by atoms with Crippen LogP contribution < -0.4 is 11.5 Å². The second-order valence-electron chi connectivity index (χ2n) is 6.13. The summed E-state index contributed by atoms with van der Waals surface area (Å²) in [6.07, 6.45) is 4.95. The molecular formula is C21H30N2. The van der Waals surface area contributed by atoms with Crippen molar-refractivity contribution in [3.05, 3.63) is 57.6 Å². The topological polar surface area (TPSA) is 52.0 Å². The fourth-order valence-corrected chi connectivity index (χ4v) is 3.66. The normalized spacial score (nSPS) is 11.0. The molecule has 0 saturated carbocycles. The number of hydrogen-bond donors (Lipinski definition) is 2. The Hall–Kier alpha value is -1.96. The molecule has 4 N–H and O–H groups in total. The van der Waals surface area contributed by atoms with Crippen molar-refractivity contribution in [2.75, 3.05) is 11.5 Å². The maximum atomic E-state index is 6.34. The number of benzene rings is 2. The highest BCUT2D eigenvalue weighted by Crippen LogP contribution is 2.30. The molecule has 2 aromatic rings. The van der Waals surface area contributed by atoms with E-state index in [0.717, 1.165) is 43.5 Å². The van der Waals surface area contributed by atoms with Crippen LogP contribution in [-0.4, -0.2) is 0 Å². The van der Waals surface area contributed by atoms with Gasteiger partial charge < -0.3 is 11.5 Å². The zero-order valence-corrected chi connectivity index (χ0v) is 15.0. The van der Waals surface area contributed by atoms with Crippen molar-refractivity contribution >= 4 is 11.4 Å². The van der Waals surface area contributed by atoms with E-state index in [2.05, 4.69) is 52.0 Å². The van der Waals surface area contributed by atoms with Crippen LogP contribution in [0.3, 0.4) is 0 Å². The molecular weight excluding hydrogens is 280 g/mol. The largest absolute Gasteiger partial charge is 0.398 e. The summed E-state index contributed by atoms with van der Waals surface area (Å²) in [6.45, 7) is 8.84. The third kappa shape index (κ3) is 3.36. The van der Waals surface area contributed by atoms with Crippen molar-refractivity contribution in [3.8, 4) is 0 Å². The summed E-state index contributed by atoms with van der Waals surface area (Å²) >= 11 is 0. The van der Waals surface area contributed by atoms with Gasteiger partial charge in [0.1, 0.15) is 0 Å². The average molecular weight is 310 g/mol. The third-order valence-corrected chi connectivity index (χ3v) is 4.95. The van der Waals surface area contributed by atoms with E-state index in [1.807, 2.05) is 0 Å². The summed E-state index contributed by atoms with van der Waals surface area (Å²) < 4.78 is 0. The van der Waals surface area contributed by atoms with Crippen LogP contribution in [0, 0.1) is 0 Å². The molecule has 2 heteroatoms. The van der Waals surface area contributed by atoms with E-state index in [4.69, 9.17) is 11.5 Å². The van der Waals surface area contributed by atoms with Crippen molar-refractivity contribution in [1.82, 2.24) is 0 Å². The van der Waals surface area contributed by atoms with Crippen molar-refractivity contribution in [2.24, 2.45) is 0 Å². The Balaban J connectivity index is 2.60. The molecule has 2 nitrogen and oxygen atoms in total. The molecule has 0 aliphatic heterocycles. The van der Waals surface area contributed by atoms with E-state index in [-0.39, 0.29) is 0 Å². The Morgan fingerprint density at radius 1 is 0.565 bits per heavy atom. The maximum absolute atomic E-state index is 6.34. The van der Waals surface area contributed by atoms with Gasteiger partial charge in [-0.3, -0.25) is 0 Å². The van der Waals surface area contributed by atoms with Gasteiger partial charge in [0.2, 0.25) is 0 Å². The SMILES string of the molecule is CCc1ccc(N)c(Cc2c(N)ccc(CC)c2CC)c1CC. The molecule has 0 heterocycles. The van der Waals surface area contributed by atoms with Gasteiger partial charge in [0.25, 0.3) is 0 Å². The molecule has 0 aromatic heterocycles. The average Bonchev–Trinajstić information content (AvgIpc) is 2.57. The van der Waals surface area contributed by atoms with Gasteiger partial charge in [0.15, 0.2) is 0 Å². The molecule has 2 rings (SSSR count). The van der Waals surface area contributed by atoms with Crippen LogP contribution in [-0.2, 0) is 32.1 Å². The highest BCUT2D eigenvalue weighted by Gasteiger charge is 2.15. The molecule has 2 aromatic carbocycles. The monoisotopic (exact) mass is 310 g/mol. The van der Waals surface area contributed by atoms with Gasteiger partial charge in [-0.1, -0.05) is 39.8 Å². The van der Waals surface area contributed by atoms with Crippen LogP contribution >= 0.6 is 0 Å². The smallest absolute Gasteiger partial charge is 0.0352 e. The lowest BCUT2D eigenvalue weighted by Gasteiger charge is -2.20. The molecule has 0 aliphatic rings. The molecule has 0 fully saturated rings. The van der Waals surface area contributed by atoms with Crippen LogP contribution in [0.1, 0.15) is 61.1 Å². The molecule has 23 heavy (non-hydrogen) atoms. The number of anilines is 2. The fraction of sp³-hybridized carbons (Fsp3) is 0.429. The lowest BCUT2D eigenvalue weighted by atomic mass is 9.87. The second kappa shape index (κ2) is 7.54. The van der Waals surface area contributed by atoms with Gasteiger partial charge in [-0.25, -0.2) is 0 Å². The molecule has 0 saturated heterocycles. The van der Waals surface area contributed by atoms with Crippen LogP contribution in [0.25, 0.3) is 0 Å². The first kappa shape index (κ1) is 17.4. The maximum Gasteiger partial charge on any atom is 0.0352 e. The first-order valence-corrected chi connectivity index (χ1v) is 8.85. The van der Waals surface area contributed by atoms with E-state index < -0.39 is 0 Å². The van der Waals surface area contributed by atoms with Gasteiger partial charge in [-0.2, -0.15) is 0 Å². The Morgan fingerprint density at radius 2 is 0.957 bits per heavy atom. The summed E-state index contributed by atoms with van der Waals surface area (Å²) in [5.41, 5.74) is 22.6. The van der Waals surface area contributed by atoms with Crippen molar-refractivity contribution in [1.29, 1.82) is 0 Å². The number of rotatable bonds is 6. The van der Waals surface area contributed by atoms with Gasteiger partial charge >= 0.3 is 0 Å². The summed E-state index contributed by atoms with van der Waals surface area (Å²) in [4.78, 5) is 0. The Kier molecular flexibility index (Phi) is 5.70. The fourth-order valence-electron chi connectivity index (χ4n) is 3.66. The van der Waals surface area contributed by atoms with Gasteiger partial charge in [-0.05, 0) is 71.2 Å². The first-order valence-electron chi connectivity index (χ1n) is 8.85. The minimum Gasteiger partial charge on any atom is -0.398 e. The number of hydrogen-bond acceptors (Lipinski definition) is 2. The van der Waals surface area contributed by atoms with E-state index in [1.165, 1.54) is 33.4 Å². The molecule has 0 unspecified atom stereocenters. The summed E-state index contributed by atoms with van der Waals surface area (Å²) in [5.74, 6) is 0. The van der Waals surface area contributed by atoms with E-state index in [0.29, 0.717) is 0 Å². The summed E-state index contributed by atoms with van der Waals surface area (Å²) in [5, 5.41) is 0. The van der Waals surface area contributed by atoms with Crippen LogP contribution in [0.4, 0.5) is 11.4 Å². The Labute approximate surface area is 140 Å². The second-order valence-corrected chi connectivity index (χ2v) is 6.13. The minimum atomic E-state index is 0.839. The van der Waals surface area contributed by atoms with Gasteiger partial charge in [0.05, 0.1) is 0 Å². The van der Waals surface area contributed by atoms with Crippen LogP contribution in [0.15, 0.2) is 24.3 Å². The number of nitrogens with two attached hydrogens (primary N) is 2. The lowest BCUT2D eigenvalue weighted by Crippen LogP contribution is -2.09. The van der Waals surface area contributed by atoms with Crippen molar-refractivity contribution in [3.63, 3.8) is 0 Å². The molecule has 0 amide bonds. The summed E-state index contributed by atoms with van der Waals surface area (Å²) in [7, 11) is 0. The minimum absolute atomic E-state index is 0.839. The van der Waals surface area contributed by atoms with Gasteiger partial charge in [-0.15, -0.1) is 0 Å². The Bertz CT molecular complexity index is 627. The molecule has 0 spiro atoms. The van der Waals surface area contributed by atoms with Gasteiger partial charge in [0, 0.05) is 17.8 Å². The van der Waals surface area contributed by atoms with Crippen molar-refractivity contribution in [2.45, 2.75) is 59.8 Å². The standard InChI is InChI=1S/C21H30N2/c1-5-14-9-11-20(22)18(16(14)7-3)13-19-17(8-4)15(6-2)10-12-21(19)23/h9-12H,5-8,13,22-23H2,1-4H3. The molecule has 124 valence electrons. The number of aryl methyl sites for hydroxylation is 2. The molecule has 0 aliphatic carbocycles. The Morgan fingerprint density at radius 3 is 1.26 bits per heavy atom. The zero-order valence-electron chi connectivity index (χ0n) is 15.0. The molecule has 0 bridgehead atoms. The van der Waals surface area contributed by atoms with E-state index >= 15 is 0 Å². The predicted octanol–water partition coefficient (Wildman–Crippen LogP) is 4.69. The quantitative estimate of drug-likeness (QED) is 0.760. The van der Waals surface area contributed by atoms with Crippen LogP contribution in [0.5, 0.6) is 0 Å². The zero-order chi connectivity index (χ0) is 17.0. The predicted molar refractivity (Wildman–Crippen MR) is 102 cm³/mol. The highest BCUT2D eigenvalue weighted by molar-refractivity contribution is 5.61. The summed E-state index contributed by atoms with van der Waals surface area (Å²) in [6, 6.07) is 8.45. The molecule has 0 radical (unpaired) electrons. The van der Waals surface area contributed by atoms with Crippen LogP contribution in [0.2, 0.25) is 0 Å². The van der Waals surface area contributed by atoms with E-state index in [1.54, 1.807) is 0 Å². The lowest BCUT2D eigenvalue weighted by molar-refractivity contribution is 0.968. The first-order chi connectivity index (χ1) is 11.1. The van der Waals surface area contributed by atoms with Crippen molar-refractivity contribution < 1.29 is 0 Å². The molecule has 0 atom stereocenters. The number of nitrogen functional groups attached to an aromatic ring is 2. The third-order valence-electron chi connectivity index (χ3n) is 4.95.